The molecule has 0 saturated heterocycles. The summed E-state index contributed by atoms with van der Waals surface area (Å²) in [5, 5.41) is 0. The number of allylic oxidation sites excluding steroid dienone is 1. The third-order valence-corrected chi connectivity index (χ3v) is 2.77. The lowest BCUT2D eigenvalue weighted by Crippen LogP contribution is -2.06. The summed E-state index contributed by atoms with van der Waals surface area (Å²) in [5.74, 6) is 0.844. The molecule has 0 spiro atoms. The molecule has 2 nitrogen and oxygen atoms in total. The van der Waals surface area contributed by atoms with Crippen molar-refractivity contribution in [3.8, 4) is 5.75 Å². The van der Waals surface area contributed by atoms with E-state index < -0.39 is 0 Å². The van der Waals surface area contributed by atoms with Gasteiger partial charge in [-0.2, -0.15) is 0 Å². The molecule has 0 atom stereocenters. The number of aryl methyl sites for hydroxylation is 2. The van der Waals surface area contributed by atoms with Crippen molar-refractivity contribution in [2.75, 3.05) is 6.61 Å². The van der Waals surface area contributed by atoms with Crippen LogP contribution in [-0.2, 0) is 4.79 Å². The summed E-state index contributed by atoms with van der Waals surface area (Å²) < 4.78 is 5.47. The average molecular weight is 202 g/mol. The van der Waals surface area contributed by atoms with Gasteiger partial charge in [-0.05, 0) is 55.7 Å². The lowest BCUT2D eigenvalue weighted by molar-refractivity contribution is -0.116. The second-order valence-electron chi connectivity index (χ2n) is 4.01. The molecular weight excluding hydrogens is 188 g/mol. The lowest BCUT2D eigenvalue weighted by Gasteiger charge is -2.10. The molecule has 1 aliphatic heterocycles. The molecule has 0 amide bonds. The van der Waals surface area contributed by atoms with Gasteiger partial charge in [0.05, 0.1) is 0 Å². The number of ketones is 1. The predicted octanol–water partition coefficient (Wildman–Crippen LogP) is 2.67. The zero-order valence-corrected chi connectivity index (χ0v) is 9.26. The third kappa shape index (κ3) is 1.80. The number of fused-ring (bicyclic) bond motifs is 1. The molecule has 0 aromatic heterocycles. The van der Waals surface area contributed by atoms with E-state index >= 15 is 0 Å². The van der Waals surface area contributed by atoms with Crippen molar-refractivity contribution in [3.63, 3.8) is 0 Å². The maximum Gasteiger partial charge on any atom is 0.193 e. The van der Waals surface area contributed by atoms with Crippen LogP contribution in [0.1, 0.15) is 23.6 Å². The Bertz CT molecular complexity index is 456. The quantitative estimate of drug-likeness (QED) is 0.646. The Balaban J connectivity index is 2.60. The molecule has 1 aromatic carbocycles. The molecule has 2 rings (SSSR count). The van der Waals surface area contributed by atoms with E-state index in [0.717, 1.165) is 16.9 Å². The average Bonchev–Trinajstić information content (AvgIpc) is 2.30. The highest BCUT2D eigenvalue weighted by molar-refractivity contribution is 5.99. The molecule has 1 aliphatic rings. The number of hydrogen-bond acceptors (Lipinski definition) is 2. The third-order valence-electron chi connectivity index (χ3n) is 2.77. The molecule has 0 saturated carbocycles. The van der Waals surface area contributed by atoms with Gasteiger partial charge in [0.25, 0.3) is 0 Å². The predicted molar refractivity (Wildman–Crippen MR) is 60.1 cm³/mol. The maximum atomic E-state index is 11.3. The van der Waals surface area contributed by atoms with Gasteiger partial charge in [-0.25, -0.2) is 0 Å². The van der Waals surface area contributed by atoms with Gasteiger partial charge >= 0.3 is 0 Å². The first kappa shape index (κ1) is 9.97. The highest BCUT2D eigenvalue weighted by atomic mass is 16.5. The largest absolute Gasteiger partial charge is 0.485 e. The first-order valence-corrected chi connectivity index (χ1v) is 5.03. The number of ether oxygens (including phenoxy) is 1. The van der Waals surface area contributed by atoms with Gasteiger partial charge in [0.15, 0.2) is 12.4 Å². The Morgan fingerprint density at radius 1 is 1.13 bits per heavy atom. The van der Waals surface area contributed by atoms with Gasteiger partial charge in [0.2, 0.25) is 0 Å². The van der Waals surface area contributed by atoms with E-state index in [0.29, 0.717) is 0 Å². The summed E-state index contributed by atoms with van der Waals surface area (Å²) in [6, 6.07) is 4.08. The number of carbonyl (C=O) groups is 1. The van der Waals surface area contributed by atoms with Crippen molar-refractivity contribution in [1.29, 1.82) is 0 Å². The molecule has 78 valence electrons. The normalized spacial score (nSPS) is 15.1. The van der Waals surface area contributed by atoms with Gasteiger partial charge in [-0.3, -0.25) is 4.79 Å². The molecule has 0 N–H and O–H groups in total. The van der Waals surface area contributed by atoms with Crippen LogP contribution in [0.5, 0.6) is 5.75 Å². The van der Waals surface area contributed by atoms with Crippen molar-refractivity contribution in [2.24, 2.45) is 0 Å². The van der Waals surface area contributed by atoms with Crippen molar-refractivity contribution in [2.45, 2.75) is 20.8 Å². The van der Waals surface area contributed by atoms with Crippen LogP contribution in [0.25, 0.3) is 5.57 Å². The summed E-state index contributed by atoms with van der Waals surface area (Å²) >= 11 is 0. The number of rotatable bonds is 0. The second kappa shape index (κ2) is 3.54. The van der Waals surface area contributed by atoms with Gasteiger partial charge < -0.3 is 4.74 Å². The first-order chi connectivity index (χ1) is 7.08. The Labute approximate surface area is 89.6 Å². The zero-order valence-electron chi connectivity index (χ0n) is 9.26. The van der Waals surface area contributed by atoms with Crippen LogP contribution in [0.4, 0.5) is 0 Å². The van der Waals surface area contributed by atoms with E-state index in [-0.39, 0.29) is 12.4 Å². The maximum absolute atomic E-state index is 11.3. The highest BCUT2D eigenvalue weighted by Gasteiger charge is 2.14. The van der Waals surface area contributed by atoms with Gasteiger partial charge in [0.1, 0.15) is 5.75 Å². The Morgan fingerprint density at radius 2 is 1.80 bits per heavy atom. The molecule has 0 unspecified atom stereocenters. The minimum atomic E-state index is 0.0269. The van der Waals surface area contributed by atoms with Crippen LogP contribution < -0.4 is 4.74 Å². The number of carbonyl (C=O) groups excluding carboxylic acids is 1. The van der Waals surface area contributed by atoms with E-state index in [4.69, 9.17) is 4.74 Å². The number of hydrogen-bond donors (Lipinski definition) is 0. The molecular formula is C13H14O2. The van der Waals surface area contributed by atoms with E-state index in [9.17, 15) is 4.79 Å². The van der Waals surface area contributed by atoms with E-state index in [2.05, 4.69) is 13.0 Å². The molecule has 0 fully saturated rings. The van der Waals surface area contributed by atoms with Crippen molar-refractivity contribution >= 4 is 11.4 Å². The zero-order chi connectivity index (χ0) is 11.0. The monoisotopic (exact) mass is 202 g/mol. The van der Waals surface area contributed by atoms with Crippen LogP contribution in [0.15, 0.2) is 18.2 Å². The highest BCUT2D eigenvalue weighted by Crippen LogP contribution is 2.30. The van der Waals surface area contributed by atoms with Crippen LogP contribution in [0.3, 0.4) is 0 Å². The molecule has 1 heterocycles. The smallest absolute Gasteiger partial charge is 0.193 e. The van der Waals surface area contributed by atoms with E-state index in [1.807, 2.05) is 19.9 Å². The fourth-order valence-electron chi connectivity index (χ4n) is 1.73. The van der Waals surface area contributed by atoms with Crippen LogP contribution in [0, 0.1) is 13.8 Å². The topological polar surface area (TPSA) is 26.3 Å². The first-order valence-electron chi connectivity index (χ1n) is 5.03. The SMILES string of the molecule is CC1=CC(=O)COc2cc(C)c(C)cc21. The Hall–Kier alpha value is -1.57. The summed E-state index contributed by atoms with van der Waals surface area (Å²) in [6.07, 6.45) is 1.65. The minimum Gasteiger partial charge on any atom is -0.485 e. The second-order valence-corrected chi connectivity index (χ2v) is 4.01. The van der Waals surface area contributed by atoms with Gasteiger partial charge in [0, 0.05) is 5.56 Å². The standard InChI is InChI=1S/C13H14O2/c1-8-5-12-10(3)4-11(14)7-15-13(12)6-9(8)2/h4-6H,7H2,1-3H3. The Kier molecular flexibility index (Phi) is 2.35. The van der Waals surface area contributed by atoms with Crippen molar-refractivity contribution < 1.29 is 9.53 Å². The molecule has 15 heavy (non-hydrogen) atoms. The van der Waals surface area contributed by atoms with Gasteiger partial charge in [-0.15, -0.1) is 0 Å². The van der Waals surface area contributed by atoms with Crippen molar-refractivity contribution in [1.82, 2.24) is 0 Å². The molecule has 2 heteroatoms. The molecule has 0 bridgehead atoms. The fraction of sp³-hybridized carbons (Fsp3) is 0.308. The minimum absolute atomic E-state index is 0.0269. The van der Waals surface area contributed by atoms with Crippen molar-refractivity contribution in [3.05, 3.63) is 34.9 Å². The van der Waals surface area contributed by atoms with Crippen LogP contribution >= 0.6 is 0 Å². The summed E-state index contributed by atoms with van der Waals surface area (Å²) in [7, 11) is 0. The summed E-state index contributed by atoms with van der Waals surface area (Å²) in [5.41, 5.74) is 4.43. The Morgan fingerprint density at radius 3 is 2.53 bits per heavy atom. The van der Waals surface area contributed by atoms with Crippen LogP contribution in [0.2, 0.25) is 0 Å². The fourth-order valence-corrected chi connectivity index (χ4v) is 1.73. The van der Waals surface area contributed by atoms with Gasteiger partial charge in [-0.1, -0.05) is 0 Å². The number of benzene rings is 1. The molecule has 1 aromatic rings. The lowest BCUT2D eigenvalue weighted by atomic mass is 10.00. The summed E-state index contributed by atoms with van der Waals surface area (Å²) in [4.78, 5) is 11.3. The van der Waals surface area contributed by atoms with Crippen LogP contribution in [-0.4, -0.2) is 12.4 Å². The summed E-state index contributed by atoms with van der Waals surface area (Å²) in [6.45, 7) is 6.20. The van der Waals surface area contributed by atoms with E-state index in [1.54, 1.807) is 6.08 Å². The molecule has 0 aliphatic carbocycles. The van der Waals surface area contributed by atoms with E-state index in [1.165, 1.54) is 11.1 Å². The molecule has 0 radical (unpaired) electrons.